The molecular formula is C38H37N3O6. The van der Waals surface area contributed by atoms with E-state index in [0.29, 0.717) is 23.3 Å². The Labute approximate surface area is 273 Å². The van der Waals surface area contributed by atoms with Crippen LogP contribution in [-0.2, 0) is 9.59 Å². The number of aromatic hydroxyl groups is 1. The van der Waals surface area contributed by atoms with Gasteiger partial charge in [-0.3, -0.25) is 19.5 Å². The van der Waals surface area contributed by atoms with Gasteiger partial charge in [0.15, 0.2) is 0 Å². The van der Waals surface area contributed by atoms with Crippen LogP contribution in [0.5, 0.6) is 5.75 Å². The number of phenolic OH excluding ortho intramolecular Hbond substituents is 1. The summed E-state index contributed by atoms with van der Waals surface area (Å²) in [5, 5.41) is 45.6. The third-order valence-electron chi connectivity index (χ3n) is 9.03. The number of nitrogens with one attached hydrogen (secondary N) is 1. The zero-order chi connectivity index (χ0) is 32.9. The van der Waals surface area contributed by atoms with Gasteiger partial charge in [0.2, 0.25) is 11.8 Å². The maximum atomic E-state index is 13.9. The number of aromatic nitrogens is 1. The minimum atomic E-state index is -1.08. The number of benzene rings is 3. The summed E-state index contributed by atoms with van der Waals surface area (Å²) in [6.45, 7) is -0.857. The number of allylic oxidation sites excluding steroid dienone is 1. The number of hydrogen-bond donors (Lipinski definition) is 5. The first-order valence-electron chi connectivity index (χ1n) is 15.7. The molecule has 1 aromatic heterocycles. The number of pyridine rings is 1. The molecule has 3 aromatic carbocycles. The number of fused-ring (bicyclic) bond motifs is 1. The first kappa shape index (κ1) is 31.9. The van der Waals surface area contributed by atoms with Crippen molar-refractivity contribution in [3.8, 4) is 5.75 Å². The van der Waals surface area contributed by atoms with Crippen LogP contribution < -0.4 is 10.2 Å². The Morgan fingerprint density at radius 2 is 1.60 bits per heavy atom. The summed E-state index contributed by atoms with van der Waals surface area (Å²) in [6, 6.07) is 29.0. The summed E-state index contributed by atoms with van der Waals surface area (Å²) in [4.78, 5) is 33.3. The van der Waals surface area contributed by atoms with Gasteiger partial charge in [-0.2, -0.15) is 0 Å². The largest absolute Gasteiger partial charge is 0.508 e. The Morgan fingerprint density at radius 1 is 0.894 bits per heavy atom. The molecule has 47 heavy (non-hydrogen) atoms. The summed E-state index contributed by atoms with van der Waals surface area (Å²) >= 11 is 0. The monoisotopic (exact) mass is 631 g/mol. The van der Waals surface area contributed by atoms with E-state index in [1.165, 1.54) is 4.90 Å². The molecule has 4 aromatic rings. The number of carbonyl (C=O) groups excluding carboxylic acids is 2. The second-order valence-electron chi connectivity index (χ2n) is 11.9. The maximum absolute atomic E-state index is 13.9. The molecule has 2 aliphatic rings. The number of nitrogens with zero attached hydrogens (tertiary/aromatic N) is 2. The van der Waals surface area contributed by atoms with E-state index >= 15 is 0 Å². The number of hydrogen-bond acceptors (Lipinski definition) is 8. The van der Waals surface area contributed by atoms with Gasteiger partial charge in [-0.15, -0.1) is 0 Å². The molecule has 1 aliphatic heterocycles. The lowest BCUT2D eigenvalue weighted by Gasteiger charge is -2.36. The molecule has 0 radical (unpaired) electrons. The highest BCUT2D eigenvalue weighted by molar-refractivity contribution is 6.22. The first-order chi connectivity index (χ1) is 22.9. The molecule has 2 amide bonds. The minimum absolute atomic E-state index is 0.120. The van der Waals surface area contributed by atoms with Gasteiger partial charge in [-0.1, -0.05) is 36.4 Å². The number of aliphatic hydroxyl groups excluding tert-OH is 3. The van der Waals surface area contributed by atoms with Crippen molar-refractivity contribution in [2.45, 2.75) is 25.4 Å². The average Bonchev–Trinajstić information content (AvgIpc) is 3.36. The molecule has 1 fully saturated rings. The molecule has 9 heteroatoms. The predicted octanol–water partition coefficient (Wildman–Crippen LogP) is 5.32. The molecule has 0 spiro atoms. The molecule has 240 valence electrons. The van der Waals surface area contributed by atoms with Crippen molar-refractivity contribution in [3.63, 3.8) is 0 Å². The van der Waals surface area contributed by atoms with Crippen LogP contribution in [0.1, 0.15) is 30.5 Å². The standard InChI is InChI=1S/C38H37N3O6/c42-22-26-21-31-36(38(47)41(37(31)46)29-14-12-28(13-15-29)40-27-6-2-1-3-7-27)32(23-43)35(26)34(45)18-11-25(33-8-4-5-19-39-33)20-24-9-16-30(44)17-10-24/h1-10,12-17,19-20,31-32,34,36,40,42-45H,11,18,21-23H2/b25-20-/t31-,32+,34-,36-/m1/s1. The van der Waals surface area contributed by atoms with Crippen molar-refractivity contribution in [1.82, 2.24) is 4.98 Å². The molecule has 5 N–H and O–H groups in total. The summed E-state index contributed by atoms with van der Waals surface area (Å²) in [5.74, 6) is -3.09. The predicted molar refractivity (Wildman–Crippen MR) is 180 cm³/mol. The van der Waals surface area contributed by atoms with Crippen LogP contribution >= 0.6 is 0 Å². The lowest BCUT2D eigenvalue weighted by Crippen LogP contribution is -2.39. The number of para-hydroxylation sites is 1. The van der Waals surface area contributed by atoms with Crippen LogP contribution in [-0.4, -0.2) is 56.5 Å². The molecular weight excluding hydrogens is 594 g/mol. The second-order valence-corrected chi connectivity index (χ2v) is 11.9. The number of imide groups is 1. The summed E-state index contributed by atoms with van der Waals surface area (Å²) in [6.07, 6.45) is 3.30. The Morgan fingerprint density at radius 3 is 2.26 bits per heavy atom. The molecule has 4 atom stereocenters. The van der Waals surface area contributed by atoms with Gasteiger partial charge in [-0.25, -0.2) is 0 Å². The van der Waals surface area contributed by atoms with Crippen LogP contribution in [0.25, 0.3) is 11.6 Å². The van der Waals surface area contributed by atoms with E-state index in [-0.39, 0.29) is 24.5 Å². The van der Waals surface area contributed by atoms with Gasteiger partial charge in [0, 0.05) is 23.5 Å². The summed E-state index contributed by atoms with van der Waals surface area (Å²) in [7, 11) is 0. The molecule has 1 saturated heterocycles. The maximum Gasteiger partial charge on any atom is 0.238 e. The molecule has 0 unspecified atom stereocenters. The normalized spacial score (nSPS) is 20.4. The van der Waals surface area contributed by atoms with E-state index in [2.05, 4.69) is 10.3 Å². The van der Waals surface area contributed by atoms with Gasteiger partial charge in [-0.05, 0) is 108 Å². The number of carbonyl (C=O) groups is 2. The molecule has 9 nitrogen and oxygen atoms in total. The fraction of sp³-hybridized carbons (Fsp3) is 0.237. The SMILES string of the molecule is O=C1[C@@H]2[C@@H](CC(CO)=C([C@H](O)CC/C(=C/c3ccc(O)cc3)c3ccccn3)[C@@H]2CO)C(=O)N1c1ccc(Nc2ccccc2)cc1. The highest BCUT2D eigenvalue weighted by Gasteiger charge is 2.55. The third kappa shape index (κ3) is 6.73. The first-order valence-corrected chi connectivity index (χ1v) is 15.7. The third-order valence-corrected chi connectivity index (χ3v) is 9.03. The molecule has 1 aliphatic carbocycles. The van der Waals surface area contributed by atoms with E-state index < -0.39 is 43.0 Å². The Balaban J connectivity index is 1.22. The van der Waals surface area contributed by atoms with Crippen molar-refractivity contribution in [1.29, 1.82) is 0 Å². The second kappa shape index (κ2) is 14.1. The number of phenols is 1. The Kier molecular flexibility index (Phi) is 9.58. The highest BCUT2D eigenvalue weighted by atomic mass is 16.3. The zero-order valence-electron chi connectivity index (χ0n) is 25.7. The van der Waals surface area contributed by atoms with Gasteiger partial charge in [0.1, 0.15) is 5.75 Å². The van der Waals surface area contributed by atoms with Crippen LogP contribution in [0.2, 0.25) is 0 Å². The minimum Gasteiger partial charge on any atom is -0.508 e. The summed E-state index contributed by atoms with van der Waals surface area (Å²) in [5.41, 5.74) is 5.45. The average molecular weight is 632 g/mol. The van der Waals surface area contributed by atoms with Gasteiger partial charge >= 0.3 is 0 Å². The van der Waals surface area contributed by atoms with Crippen molar-refractivity contribution in [2.24, 2.45) is 17.8 Å². The van der Waals surface area contributed by atoms with Crippen LogP contribution in [0.4, 0.5) is 17.1 Å². The van der Waals surface area contributed by atoms with Crippen LogP contribution in [0.3, 0.4) is 0 Å². The fourth-order valence-corrected chi connectivity index (χ4v) is 6.79. The molecule has 2 heterocycles. The smallest absolute Gasteiger partial charge is 0.238 e. The van der Waals surface area contributed by atoms with Gasteiger partial charge in [0.25, 0.3) is 0 Å². The Bertz CT molecular complexity index is 1770. The van der Waals surface area contributed by atoms with E-state index in [1.54, 1.807) is 54.7 Å². The highest BCUT2D eigenvalue weighted by Crippen LogP contribution is 2.47. The van der Waals surface area contributed by atoms with Crippen LogP contribution in [0, 0.1) is 17.8 Å². The molecule has 0 saturated carbocycles. The van der Waals surface area contributed by atoms with Crippen LogP contribution in [0.15, 0.2) is 114 Å². The molecule has 0 bridgehead atoms. The number of amides is 2. The van der Waals surface area contributed by atoms with E-state index in [9.17, 15) is 30.0 Å². The lowest BCUT2D eigenvalue weighted by molar-refractivity contribution is -0.123. The van der Waals surface area contributed by atoms with E-state index in [4.69, 9.17) is 0 Å². The van der Waals surface area contributed by atoms with Gasteiger partial charge in [0.05, 0.1) is 42.5 Å². The van der Waals surface area contributed by atoms with Crippen molar-refractivity contribution in [3.05, 3.63) is 126 Å². The number of anilines is 3. The number of rotatable bonds is 11. The lowest BCUT2D eigenvalue weighted by atomic mass is 9.68. The van der Waals surface area contributed by atoms with E-state index in [0.717, 1.165) is 28.2 Å². The van der Waals surface area contributed by atoms with Gasteiger partial charge < -0.3 is 25.7 Å². The summed E-state index contributed by atoms with van der Waals surface area (Å²) < 4.78 is 0. The Hall–Kier alpha value is -5.09. The topological polar surface area (TPSA) is 143 Å². The van der Waals surface area contributed by atoms with Crippen molar-refractivity contribution >= 4 is 40.5 Å². The molecule has 6 rings (SSSR count). The quantitative estimate of drug-likeness (QED) is 0.111. The fourth-order valence-electron chi connectivity index (χ4n) is 6.79. The van der Waals surface area contributed by atoms with Crippen molar-refractivity contribution in [2.75, 3.05) is 23.4 Å². The zero-order valence-corrected chi connectivity index (χ0v) is 25.7. The number of aliphatic hydroxyl groups is 3. The van der Waals surface area contributed by atoms with Crippen molar-refractivity contribution < 1.29 is 30.0 Å². The van der Waals surface area contributed by atoms with E-state index in [1.807, 2.05) is 54.6 Å².